The lowest BCUT2D eigenvalue weighted by atomic mass is 10.1. The molecule has 0 spiro atoms. The summed E-state index contributed by atoms with van der Waals surface area (Å²) >= 11 is 6.23. The van der Waals surface area contributed by atoms with Crippen LogP contribution in [0.3, 0.4) is 0 Å². The van der Waals surface area contributed by atoms with Crippen molar-refractivity contribution in [2.45, 2.75) is 0 Å². The zero-order chi connectivity index (χ0) is 16.1. The van der Waals surface area contributed by atoms with Crippen LogP contribution in [0.1, 0.15) is 11.3 Å². The maximum absolute atomic E-state index is 6.23. The van der Waals surface area contributed by atoms with Gasteiger partial charge in [0.2, 0.25) is 0 Å². The minimum atomic E-state index is 0.745. The maximum Gasteiger partial charge on any atom is 0.0970 e. The summed E-state index contributed by atoms with van der Waals surface area (Å²) in [6.07, 6.45) is 0. The lowest BCUT2D eigenvalue weighted by molar-refractivity contribution is 1.14. The van der Waals surface area contributed by atoms with Crippen LogP contribution in [0.15, 0.2) is 83.9 Å². The van der Waals surface area contributed by atoms with E-state index < -0.39 is 0 Å². The Balaban J connectivity index is 1.85. The van der Waals surface area contributed by atoms with E-state index >= 15 is 0 Å². The second-order valence-electron chi connectivity index (χ2n) is 5.88. The van der Waals surface area contributed by atoms with Crippen molar-refractivity contribution in [1.29, 1.82) is 0 Å². The summed E-state index contributed by atoms with van der Waals surface area (Å²) in [4.78, 5) is 4.92. The van der Waals surface area contributed by atoms with E-state index in [0.717, 1.165) is 38.9 Å². The van der Waals surface area contributed by atoms with Crippen molar-refractivity contribution >= 4 is 33.9 Å². The lowest BCUT2D eigenvalue weighted by Gasteiger charge is -2.04. The molecule has 2 nitrogen and oxygen atoms in total. The van der Waals surface area contributed by atoms with Crippen LogP contribution >= 0.6 is 11.6 Å². The largest absolute Gasteiger partial charge is 0.307 e. The fourth-order valence-corrected chi connectivity index (χ4v) is 3.53. The Morgan fingerprint density at radius 3 is 2.46 bits per heavy atom. The van der Waals surface area contributed by atoms with Gasteiger partial charge in [-0.25, -0.2) is 4.99 Å². The molecule has 114 valence electrons. The quantitative estimate of drug-likeness (QED) is 0.372. The molecule has 1 aromatic heterocycles. The zero-order valence-electron chi connectivity index (χ0n) is 12.8. The van der Waals surface area contributed by atoms with Gasteiger partial charge in [0.15, 0.2) is 0 Å². The van der Waals surface area contributed by atoms with Crippen molar-refractivity contribution in [3.63, 3.8) is 0 Å². The SMILES string of the molecule is Clc1ccc2cc3n(c2c1)-c1ccccc1C3=Nc1ccccc1. The van der Waals surface area contributed by atoms with E-state index in [2.05, 4.69) is 41.0 Å². The minimum absolute atomic E-state index is 0.745. The predicted octanol–water partition coefficient (Wildman–Crippen LogP) is 5.77. The molecule has 0 aliphatic carbocycles. The molecule has 0 atom stereocenters. The number of nitrogens with zero attached hydrogens (tertiary/aromatic N) is 2. The summed E-state index contributed by atoms with van der Waals surface area (Å²) in [6.45, 7) is 0. The topological polar surface area (TPSA) is 17.3 Å². The number of fused-ring (bicyclic) bond motifs is 5. The van der Waals surface area contributed by atoms with Gasteiger partial charge in [-0.15, -0.1) is 0 Å². The first kappa shape index (κ1) is 13.6. The van der Waals surface area contributed by atoms with Gasteiger partial charge in [-0.3, -0.25) is 0 Å². The number of hydrogen-bond donors (Lipinski definition) is 0. The fraction of sp³-hybridized carbons (Fsp3) is 0. The van der Waals surface area contributed by atoms with E-state index in [1.54, 1.807) is 0 Å². The number of para-hydroxylation sites is 2. The van der Waals surface area contributed by atoms with Crippen molar-refractivity contribution in [2.75, 3.05) is 0 Å². The molecule has 0 N–H and O–H groups in total. The summed E-state index contributed by atoms with van der Waals surface area (Å²) < 4.78 is 2.25. The highest BCUT2D eigenvalue weighted by Crippen LogP contribution is 2.36. The zero-order valence-corrected chi connectivity index (χ0v) is 13.5. The molecule has 1 aliphatic rings. The highest BCUT2D eigenvalue weighted by atomic mass is 35.5. The number of benzene rings is 3. The molecule has 0 bridgehead atoms. The van der Waals surface area contributed by atoms with Crippen molar-refractivity contribution in [3.8, 4) is 5.69 Å². The molecule has 3 heteroatoms. The van der Waals surface area contributed by atoms with E-state index in [0.29, 0.717) is 0 Å². The van der Waals surface area contributed by atoms with Crippen molar-refractivity contribution in [1.82, 2.24) is 4.57 Å². The first-order chi connectivity index (χ1) is 11.8. The summed E-state index contributed by atoms with van der Waals surface area (Å²) in [6, 6.07) is 26.6. The number of hydrogen-bond acceptors (Lipinski definition) is 1. The fourth-order valence-electron chi connectivity index (χ4n) is 3.36. The van der Waals surface area contributed by atoms with Crippen LogP contribution in [0.2, 0.25) is 5.02 Å². The normalized spacial score (nSPS) is 14.1. The highest BCUT2D eigenvalue weighted by molar-refractivity contribution is 6.31. The molecular formula is C21H13ClN2. The van der Waals surface area contributed by atoms with Crippen LogP contribution in [0.25, 0.3) is 16.6 Å². The van der Waals surface area contributed by atoms with E-state index in [1.807, 2.05) is 42.5 Å². The standard InChI is InChI=1S/C21H13ClN2/c22-15-11-10-14-12-20-21(23-16-6-2-1-3-7-16)17-8-4-5-9-18(17)24(20)19(14)13-15/h1-13H. The van der Waals surface area contributed by atoms with Gasteiger partial charge in [-0.05, 0) is 36.4 Å². The van der Waals surface area contributed by atoms with Crippen LogP contribution in [0.4, 0.5) is 5.69 Å². The van der Waals surface area contributed by atoms with E-state index in [4.69, 9.17) is 16.6 Å². The van der Waals surface area contributed by atoms with Gasteiger partial charge in [-0.1, -0.05) is 54.1 Å². The molecular weight excluding hydrogens is 316 g/mol. The molecule has 0 radical (unpaired) electrons. The molecule has 0 saturated heterocycles. The third-order valence-corrected chi connectivity index (χ3v) is 4.64. The molecule has 0 amide bonds. The van der Waals surface area contributed by atoms with Gasteiger partial charge in [0.25, 0.3) is 0 Å². The van der Waals surface area contributed by atoms with Crippen molar-refractivity contribution < 1.29 is 0 Å². The first-order valence-corrected chi connectivity index (χ1v) is 8.24. The Labute approximate surface area is 144 Å². The van der Waals surface area contributed by atoms with E-state index in [9.17, 15) is 0 Å². The number of halogens is 1. The third kappa shape index (κ3) is 1.93. The molecule has 24 heavy (non-hydrogen) atoms. The average Bonchev–Trinajstić information content (AvgIpc) is 3.12. The maximum atomic E-state index is 6.23. The van der Waals surface area contributed by atoms with Gasteiger partial charge in [-0.2, -0.15) is 0 Å². The third-order valence-electron chi connectivity index (χ3n) is 4.41. The second-order valence-corrected chi connectivity index (χ2v) is 6.32. The summed E-state index contributed by atoms with van der Waals surface area (Å²) in [7, 11) is 0. The van der Waals surface area contributed by atoms with Crippen molar-refractivity contribution in [3.05, 3.63) is 95.1 Å². The minimum Gasteiger partial charge on any atom is -0.307 e. The van der Waals surface area contributed by atoms with E-state index in [-0.39, 0.29) is 0 Å². The van der Waals surface area contributed by atoms with Crippen LogP contribution in [-0.2, 0) is 0 Å². The summed E-state index contributed by atoms with van der Waals surface area (Å²) in [5.74, 6) is 0. The Morgan fingerprint density at radius 1 is 0.792 bits per heavy atom. The highest BCUT2D eigenvalue weighted by Gasteiger charge is 2.26. The predicted molar refractivity (Wildman–Crippen MR) is 100 cm³/mol. The molecule has 5 rings (SSSR count). The Kier molecular flexibility index (Phi) is 2.88. The van der Waals surface area contributed by atoms with Crippen LogP contribution in [0, 0.1) is 0 Å². The Bertz CT molecular complexity index is 1110. The Morgan fingerprint density at radius 2 is 1.58 bits per heavy atom. The molecule has 2 heterocycles. The van der Waals surface area contributed by atoms with Crippen LogP contribution in [0.5, 0.6) is 0 Å². The first-order valence-electron chi connectivity index (χ1n) is 7.86. The van der Waals surface area contributed by atoms with Gasteiger partial charge >= 0.3 is 0 Å². The lowest BCUT2D eigenvalue weighted by Crippen LogP contribution is -1.97. The monoisotopic (exact) mass is 328 g/mol. The molecule has 1 aliphatic heterocycles. The number of rotatable bonds is 1. The van der Waals surface area contributed by atoms with Crippen molar-refractivity contribution in [2.24, 2.45) is 4.99 Å². The smallest absolute Gasteiger partial charge is 0.0970 e. The van der Waals surface area contributed by atoms with Crippen LogP contribution < -0.4 is 0 Å². The van der Waals surface area contributed by atoms with Crippen LogP contribution in [-0.4, -0.2) is 10.3 Å². The molecule has 4 aromatic rings. The number of aromatic nitrogens is 1. The van der Waals surface area contributed by atoms with E-state index in [1.165, 1.54) is 5.39 Å². The van der Waals surface area contributed by atoms with Gasteiger partial charge in [0, 0.05) is 16.0 Å². The average molecular weight is 329 g/mol. The molecule has 0 fully saturated rings. The molecule has 0 saturated carbocycles. The summed E-state index contributed by atoms with van der Waals surface area (Å²) in [5.41, 5.74) is 6.49. The van der Waals surface area contributed by atoms with Gasteiger partial charge in [0.05, 0.1) is 28.3 Å². The number of aliphatic imine (C=N–C) groups is 1. The second kappa shape index (κ2) is 5.08. The Hall–Kier alpha value is -2.84. The molecule has 0 unspecified atom stereocenters. The molecule has 3 aromatic carbocycles. The summed E-state index contributed by atoms with van der Waals surface area (Å²) in [5, 5.41) is 1.92. The van der Waals surface area contributed by atoms with Gasteiger partial charge in [0.1, 0.15) is 0 Å². The van der Waals surface area contributed by atoms with Gasteiger partial charge < -0.3 is 4.57 Å².